The molecule has 1 N–H and O–H groups in total. The minimum atomic E-state index is -0.801. The third-order valence-corrected chi connectivity index (χ3v) is 4.12. The van der Waals surface area contributed by atoms with Gasteiger partial charge in [0.2, 0.25) is 6.79 Å². The van der Waals surface area contributed by atoms with Crippen LogP contribution in [-0.4, -0.2) is 31.8 Å². The Morgan fingerprint density at radius 2 is 1.67 bits per heavy atom. The molecule has 2 aromatic rings. The van der Waals surface area contributed by atoms with Crippen molar-refractivity contribution >= 4 is 11.9 Å². The molecule has 2 aromatic carbocycles. The number of fused-ring (bicyclic) bond motifs is 1. The number of benzene rings is 2. The number of esters is 1. The minimum Gasteiger partial charge on any atom is -0.497 e. The van der Waals surface area contributed by atoms with Crippen LogP contribution in [0, 0.1) is 5.92 Å². The summed E-state index contributed by atoms with van der Waals surface area (Å²) in [5.41, 5.74) is 0.428. The molecule has 0 fully saturated rings. The molecule has 1 heterocycles. The zero-order chi connectivity index (χ0) is 19.4. The van der Waals surface area contributed by atoms with Gasteiger partial charge in [0.15, 0.2) is 11.5 Å². The van der Waals surface area contributed by atoms with Crippen molar-refractivity contribution in [3.8, 4) is 23.0 Å². The van der Waals surface area contributed by atoms with Crippen LogP contribution in [0.5, 0.6) is 23.0 Å². The van der Waals surface area contributed by atoms with E-state index in [9.17, 15) is 9.59 Å². The highest BCUT2D eigenvalue weighted by molar-refractivity contribution is 5.97. The number of ether oxygens (including phenoxy) is 4. The molecule has 1 atom stereocenters. The fourth-order valence-electron chi connectivity index (χ4n) is 2.58. The molecule has 142 valence electrons. The second-order valence-electron chi connectivity index (χ2n) is 6.36. The lowest BCUT2D eigenvalue weighted by Gasteiger charge is -2.21. The van der Waals surface area contributed by atoms with Crippen LogP contribution >= 0.6 is 0 Å². The molecule has 27 heavy (non-hydrogen) atoms. The molecule has 1 aliphatic rings. The van der Waals surface area contributed by atoms with Gasteiger partial charge in [-0.1, -0.05) is 13.8 Å². The first-order valence-electron chi connectivity index (χ1n) is 8.54. The Labute approximate surface area is 157 Å². The molecule has 7 nitrogen and oxygen atoms in total. The number of amides is 1. The lowest BCUT2D eigenvalue weighted by Crippen LogP contribution is -2.46. The second-order valence-corrected chi connectivity index (χ2v) is 6.36. The maximum Gasteiger partial charge on any atom is 0.334 e. The zero-order valence-electron chi connectivity index (χ0n) is 15.4. The molecule has 0 spiro atoms. The predicted molar refractivity (Wildman–Crippen MR) is 97.3 cm³/mol. The maximum absolute atomic E-state index is 12.6. The average molecular weight is 371 g/mol. The third-order valence-electron chi connectivity index (χ3n) is 4.12. The van der Waals surface area contributed by atoms with Crippen LogP contribution in [0.3, 0.4) is 0 Å². The molecule has 0 saturated heterocycles. The summed E-state index contributed by atoms with van der Waals surface area (Å²) in [6, 6.07) is 10.7. The molecular formula is C20H21NO6. The Bertz CT molecular complexity index is 831. The summed E-state index contributed by atoms with van der Waals surface area (Å²) in [5.74, 6) is 1.02. The standard InChI is InChI=1S/C20H21NO6/c1-12(2)18(21-19(22)13-4-6-14(24-3)7-5-13)20(23)27-15-8-9-16-17(10-15)26-11-25-16/h4-10,12,18H,11H2,1-3H3,(H,21,22)/t18-/m0/s1. The second kappa shape index (κ2) is 7.99. The van der Waals surface area contributed by atoms with Gasteiger partial charge in [0.05, 0.1) is 7.11 Å². The highest BCUT2D eigenvalue weighted by atomic mass is 16.7. The van der Waals surface area contributed by atoms with Crippen molar-refractivity contribution in [2.75, 3.05) is 13.9 Å². The van der Waals surface area contributed by atoms with E-state index in [1.807, 2.05) is 13.8 Å². The van der Waals surface area contributed by atoms with Crippen molar-refractivity contribution in [1.29, 1.82) is 0 Å². The quantitative estimate of drug-likeness (QED) is 0.621. The number of hydrogen-bond acceptors (Lipinski definition) is 6. The van der Waals surface area contributed by atoms with Gasteiger partial charge < -0.3 is 24.3 Å². The summed E-state index contributed by atoms with van der Waals surface area (Å²) in [6.45, 7) is 3.80. The normalized spacial score (nSPS) is 13.2. The van der Waals surface area contributed by atoms with Crippen LogP contribution in [0.15, 0.2) is 42.5 Å². The smallest absolute Gasteiger partial charge is 0.334 e. The number of nitrogens with one attached hydrogen (secondary N) is 1. The SMILES string of the molecule is COc1ccc(C(=O)N[C@H](C(=O)Oc2ccc3c(c2)OCO3)C(C)C)cc1. The van der Waals surface area contributed by atoms with Crippen molar-refractivity contribution in [1.82, 2.24) is 5.32 Å². The van der Waals surface area contributed by atoms with E-state index >= 15 is 0 Å². The van der Waals surface area contributed by atoms with Gasteiger partial charge in [0, 0.05) is 11.6 Å². The summed E-state index contributed by atoms with van der Waals surface area (Å²) in [6.07, 6.45) is 0. The van der Waals surface area contributed by atoms with Crippen molar-refractivity contribution < 1.29 is 28.5 Å². The summed E-state index contributed by atoms with van der Waals surface area (Å²) in [7, 11) is 1.55. The number of hydrogen-bond donors (Lipinski definition) is 1. The summed E-state index contributed by atoms with van der Waals surface area (Å²) >= 11 is 0. The highest BCUT2D eigenvalue weighted by Gasteiger charge is 2.27. The number of carbonyl (C=O) groups excluding carboxylic acids is 2. The van der Waals surface area contributed by atoms with Crippen LogP contribution in [0.25, 0.3) is 0 Å². The lowest BCUT2D eigenvalue weighted by molar-refractivity contribution is -0.137. The maximum atomic E-state index is 12.6. The van der Waals surface area contributed by atoms with Crippen LogP contribution in [0.4, 0.5) is 0 Å². The summed E-state index contributed by atoms with van der Waals surface area (Å²) in [4.78, 5) is 25.1. The van der Waals surface area contributed by atoms with Crippen LogP contribution in [0.2, 0.25) is 0 Å². The Hall–Kier alpha value is -3.22. The van der Waals surface area contributed by atoms with E-state index in [2.05, 4.69) is 5.32 Å². The van der Waals surface area contributed by atoms with E-state index in [1.165, 1.54) is 0 Å². The Kier molecular flexibility index (Phi) is 5.49. The molecular weight excluding hydrogens is 350 g/mol. The van der Waals surface area contributed by atoms with Gasteiger partial charge in [0.1, 0.15) is 17.5 Å². The third kappa shape index (κ3) is 4.31. The van der Waals surface area contributed by atoms with E-state index in [4.69, 9.17) is 18.9 Å². The molecule has 0 unspecified atom stereocenters. The van der Waals surface area contributed by atoms with Crippen molar-refractivity contribution in [3.05, 3.63) is 48.0 Å². The Morgan fingerprint density at radius 1 is 1.00 bits per heavy atom. The average Bonchev–Trinajstić information content (AvgIpc) is 3.13. The van der Waals surface area contributed by atoms with Crippen molar-refractivity contribution in [2.24, 2.45) is 5.92 Å². The Morgan fingerprint density at radius 3 is 2.33 bits per heavy atom. The fraction of sp³-hybridized carbons (Fsp3) is 0.300. The van der Waals surface area contributed by atoms with Gasteiger partial charge in [-0.25, -0.2) is 4.79 Å². The number of carbonyl (C=O) groups is 2. The first-order valence-corrected chi connectivity index (χ1v) is 8.54. The van der Waals surface area contributed by atoms with Crippen LogP contribution < -0.4 is 24.3 Å². The summed E-state index contributed by atoms with van der Waals surface area (Å²) < 4.78 is 21.0. The predicted octanol–water partition coefficient (Wildman–Crippen LogP) is 2.78. The molecule has 3 rings (SSSR count). The van der Waals surface area contributed by atoms with E-state index in [0.29, 0.717) is 28.6 Å². The molecule has 1 amide bonds. The van der Waals surface area contributed by atoms with Crippen LogP contribution in [-0.2, 0) is 4.79 Å². The van der Waals surface area contributed by atoms with Gasteiger partial charge in [-0.2, -0.15) is 0 Å². The topological polar surface area (TPSA) is 83.1 Å². The minimum absolute atomic E-state index is 0.138. The fourth-order valence-corrected chi connectivity index (χ4v) is 2.58. The van der Waals surface area contributed by atoms with E-state index in [1.54, 1.807) is 49.6 Å². The summed E-state index contributed by atoms with van der Waals surface area (Å²) in [5, 5.41) is 2.73. The van der Waals surface area contributed by atoms with Crippen molar-refractivity contribution in [2.45, 2.75) is 19.9 Å². The van der Waals surface area contributed by atoms with Gasteiger partial charge in [-0.05, 0) is 42.3 Å². The largest absolute Gasteiger partial charge is 0.497 e. The van der Waals surface area contributed by atoms with Gasteiger partial charge in [-0.15, -0.1) is 0 Å². The zero-order valence-corrected chi connectivity index (χ0v) is 15.4. The molecule has 1 aliphatic heterocycles. The van der Waals surface area contributed by atoms with E-state index in [0.717, 1.165) is 0 Å². The lowest BCUT2D eigenvalue weighted by atomic mass is 10.0. The number of methoxy groups -OCH3 is 1. The van der Waals surface area contributed by atoms with Gasteiger partial charge >= 0.3 is 5.97 Å². The first kappa shape index (κ1) is 18.6. The first-order chi connectivity index (χ1) is 13.0. The molecule has 0 aliphatic carbocycles. The Balaban J connectivity index is 1.68. The van der Waals surface area contributed by atoms with E-state index < -0.39 is 12.0 Å². The highest BCUT2D eigenvalue weighted by Crippen LogP contribution is 2.35. The van der Waals surface area contributed by atoms with Crippen molar-refractivity contribution in [3.63, 3.8) is 0 Å². The van der Waals surface area contributed by atoms with Crippen LogP contribution in [0.1, 0.15) is 24.2 Å². The molecule has 0 bridgehead atoms. The van der Waals surface area contributed by atoms with E-state index in [-0.39, 0.29) is 18.6 Å². The number of rotatable bonds is 6. The molecule has 7 heteroatoms. The monoisotopic (exact) mass is 371 g/mol. The molecule has 0 aromatic heterocycles. The van der Waals surface area contributed by atoms with Gasteiger partial charge in [-0.3, -0.25) is 4.79 Å². The van der Waals surface area contributed by atoms with Gasteiger partial charge in [0.25, 0.3) is 5.91 Å². The molecule has 0 radical (unpaired) electrons. The molecule has 0 saturated carbocycles.